The molecule has 1 heterocycles. The van der Waals surface area contributed by atoms with Gasteiger partial charge in [0.05, 0.1) is 0 Å². The molecule has 0 amide bonds. The van der Waals surface area contributed by atoms with Gasteiger partial charge in [0.1, 0.15) is 0 Å². The standard InChI is InChI=1S/3C3H8N.CHN4.Ti/c3*1-3-4-2;1-2-4-5-3-1;/h3*3H2,1-2H3;1H;/q4*-1;+4. The van der Waals surface area contributed by atoms with Crippen molar-refractivity contribution >= 4 is 0 Å². The summed E-state index contributed by atoms with van der Waals surface area (Å²) in [5.74, 6) is 0. The van der Waals surface area contributed by atoms with Crippen LogP contribution in [0.1, 0.15) is 20.8 Å². The van der Waals surface area contributed by atoms with Crippen molar-refractivity contribution in [2.45, 2.75) is 20.8 Å². The summed E-state index contributed by atoms with van der Waals surface area (Å²) in [5, 5.41) is 23.9. The van der Waals surface area contributed by atoms with E-state index < -0.39 is 0 Å². The molecular weight excluding hydrogens is 266 g/mol. The van der Waals surface area contributed by atoms with Gasteiger partial charge in [-0.05, 0) is 6.33 Å². The molecule has 0 bridgehead atoms. The van der Waals surface area contributed by atoms with Crippen molar-refractivity contribution in [3.05, 3.63) is 22.3 Å². The number of nitrogens with zero attached hydrogens (tertiary/aromatic N) is 7. The summed E-state index contributed by atoms with van der Waals surface area (Å²) in [7, 11) is 5.42. The van der Waals surface area contributed by atoms with Gasteiger partial charge in [-0.1, -0.05) is 20.8 Å². The van der Waals surface area contributed by atoms with E-state index in [1.807, 2.05) is 20.8 Å². The summed E-state index contributed by atoms with van der Waals surface area (Å²) in [5.41, 5.74) is 0. The van der Waals surface area contributed by atoms with Gasteiger partial charge in [0.2, 0.25) is 0 Å². The van der Waals surface area contributed by atoms with Gasteiger partial charge >= 0.3 is 21.7 Å². The van der Waals surface area contributed by atoms with Crippen molar-refractivity contribution in [3.63, 3.8) is 0 Å². The topological polar surface area (TPSA) is 95.1 Å². The number of hydrogen-bond donors (Lipinski definition) is 0. The molecule has 0 saturated heterocycles. The Hall–Kier alpha value is -0.336. The molecule has 0 fully saturated rings. The summed E-state index contributed by atoms with van der Waals surface area (Å²) in [4.78, 5) is 0. The summed E-state index contributed by atoms with van der Waals surface area (Å²) < 4.78 is 0. The van der Waals surface area contributed by atoms with Crippen LogP contribution >= 0.6 is 0 Å². The first-order chi connectivity index (χ1) is 8.24. The third-order valence-corrected chi connectivity index (χ3v) is 1.20. The van der Waals surface area contributed by atoms with Crippen LogP contribution in [0.5, 0.6) is 0 Å². The van der Waals surface area contributed by atoms with E-state index in [0.29, 0.717) is 0 Å². The fourth-order valence-corrected chi connectivity index (χ4v) is 0.115. The molecular formula is C10H25N7Ti. The fraction of sp³-hybridized carbons (Fsp3) is 0.900. The van der Waals surface area contributed by atoms with E-state index in [2.05, 4.69) is 36.6 Å². The van der Waals surface area contributed by atoms with Crippen LogP contribution in [0.2, 0.25) is 0 Å². The minimum absolute atomic E-state index is 0. The van der Waals surface area contributed by atoms with Crippen molar-refractivity contribution < 1.29 is 21.7 Å². The molecule has 0 radical (unpaired) electrons. The largest absolute Gasteiger partial charge is 4.00 e. The third kappa shape index (κ3) is 57.3. The monoisotopic (exact) mass is 291 g/mol. The Bertz CT molecular complexity index is 129. The van der Waals surface area contributed by atoms with Crippen LogP contribution in [0.3, 0.4) is 0 Å². The van der Waals surface area contributed by atoms with Crippen molar-refractivity contribution in [1.82, 2.24) is 20.6 Å². The smallest absolute Gasteiger partial charge is 0.665 e. The zero-order valence-electron chi connectivity index (χ0n) is 12.3. The molecule has 1 aromatic heterocycles. The van der Waals surface area contributed by atoms with Crippen LogP contribution in [-0.2, 0) is 21.7 Å². The summed E-state index contributed by atoms with van der Waals surface area (Å²) >= 11 is 0. The Morgan fingerprint density at radius 3 is 1.28 bits per heavy atom. The Balaban J connectivity index is -0.0000000719. The van der Waals surface area contributed by atoms with Gasteiger partial charge in [0.25, 0.3) is 0 Å². The van der Waals surface area contributed by atoms with Crippen LogP contribution in [0.4, 0.5) is 0 Å². The fourth-order valence-electron chi connectivity index (χ4n) is 0.115. The molecule has 0 aromatic carbocycles. The molecule has 0 unspecified atom stereocenters. The Kier molecular flexibility index (Phi) is 52.5. The molecule has 0 aliphatic heterocycles. The average molecular weight is 291 g/mol. The minimum atomic E-state index is 0. The van der Waals surface area contributed by atoms with Crippen molar-refractivity contribution in [1.29, 1.82) is 0 Å². The van der Waals surface area contributed by atoms with Crippen LogP contribution in [0.15, 0.2) is 6.33 Å². The summed E-state index contributed by atoms with van der Waals surface area (Å²) in [6, 6.07) is 0. The van der Waals surface area contributed by atoms with Crippen LogP contribution < -0.4 is 5.10 Å². The second kappa shape index (κ2) is 36.0. The van der Waals surface area contributed by atoms with Crippen molar-refractivity contribution in [2.75, 3.05) is 40.8 Å². The van der Waals surface area contributed by atoms with Gasteiger partial charge in [-0.15, -0.1) is 0 Å². The molecule has 0 aliphatic rings. The number of hydrogen-bond acceptors (Lipinski definition) is 3. The van der Waals surface area contributed by atoms with Crippen molar-refractivity contribution in [3.8, 4) is 0 Å². The first-order valence-corrected chi connectivity index (χ1v) is 5.53. The quantitative estimate of drug-likeness (QED) is 0.794. The first kappa shape index (κ1) is 26.3. The zero-order valence-corrected chi connectivity index (χ0v) is 13.9. The molecule has 104 valence electrons. The SMILES string of the molecule is CC[N-]C.CC[N-]C.CC[N-]C.[Ti+4].c1nnn[n-]1. The van der Waals surface area contributed by atoms with Gasteiger partial charge in [-0.3, -0.25) is 10.3 Å². The Morgan fingerprint density at radius 1 is 0.889 bits per heavy atom. The van der Waals surface area contributed by atoms with E-state index in [0.717, 1.165) is 19.6 Å². The van der Waals surface area contributed by atoms with Crippen LogP contribution in [0, 0.1) is 0 Å². The molecule has 1 rings (SSSR count). The maximum atomic E-state index is 3.74. The van der Waals surface area contributed by atoms with Crippen molar-refractivity contribution in [2.24, 2.45) is 0 Å². The van der Waals surface area contributed by atoms with E-state index >= 15 is 0 Å². The van der Waals surface area contributed by atoms with Gasteiger partial charge in [0.15, 0.2) is 0 Å². The summed E-state index contributed by atoms with van der Waals surface area (Å²) in [6.45, 7) is 8.88. The predicted octanol–water partition coefficient (Wildman–Crippen LogP) is 1.86. The maximum Gasteiger partial charge on any atom is 4.00 e. The Labute approximate surface area is 126 Å². The number of tetrazole rings is 1. The Morgan fingerprint density at radius 2 is 1.22 bits per heavy atom. The predicted molar refractivity (Wildman–Crippen MR) is 72.6 cm³/mol. The molecule has 0 N–H and O–H groups in total. The number of aromatic nitrogens is 4. The van der Waals surface area contributed by atoms with Gasteiger partial charge in [-0.2, -0.15) is 46.0 Å². The molecule has 7 nitrogen and oxygen atoms in total. The molecule has 18 heavy (non-hydrogen) atoms. The average Bonchev–Trinajstić information content (AvgIpc) is 2.98. The molecule has 0 atom stereocenters. The van der Waals surface area contributed by atoms with E-state index in [9.17, 15) is 0 Å². The molecule has 0 saturated carbocycles. The third-order valence-electron chi connectivity index (χ3n) is 1.20. The van der Waals surface area contributed by atoms with Gasteiger partial charge < -0.3 is 21.0 Å². The normalized spacial score (nSPS) is 7.22. The van der Waals surface area contributed by atoms with E-state index in [-0.39, 0.29) is 21.7 Å². The second-order valence-electron chi connectivity index (χ2n) is 2.42. The van der Waals surface area contributed by atoms with Gasteiger partial charge in [-0.25, -0.2) is 0 Å². The summed E-state index contributed by atoms with van der Waals surface area (Å²) in [6.07, 6.45) is 1.28. The molecule has 0 spiro atoms. The molecule has 0 aliphatic carbocycles. The maximum absolute atomic E-state index is 3.74. The van der Waals surface area contributed by atoms with E-state index in [1.54, 1.807) is 21.1 Å². The number of rotatable bonds is 3. The first-order valence-electron chi connectivity index (χ1n) is 5.53. The second-order valence-corrected chi connectivity index (χ2v) is 2.42. The van der Waals surface area contributed by atoms with Gasteiger partial charge in [0, 0.05) is 0 Å². The molecule has 8 heteroatoms. The van der Waals surface area contributed by atoms with E-state index in [1.165, 1.54) is 6.33 Å². The minimum Gasteiger partial charge on any atom is -0.665 e. The van der Waals surface area contributed by atoms with Crippen LogP contribution in [-0.4, -0.2) is 56.3 Å². The zero-order chi connectivity index (χ0) is 13.8. The molecule has 1 aromatic rings. The van der Waals surface area contributed by atoms with E-state index in [4.69, 9.17) is 0 Å². The van der Waals surface area contributed by atoms with Crippen LogP contribution in [0.25, 0.3) is 16.0 Å².